The van der Waals surface area contributed by atoms with Crippen LogP contribution in [0.2, 0.25) is 0 Å². The van der Waals surface area contributed by atoms with E-state index in [-0.39, 0.29) is 24.6 Å². The minimum atomic E-state index is -4.08. The van der Waals surface area contributed by atoms with E-state index in [0.29, 0.717) is 13.1 Å². The molecular formula is C15H20F3NO. The Balaban J connectivity index is 2.03. The van der Waals surface area contributed by atoms with E-state index in [1.54, 1.807) is 6.07 Å². The van der Waals surface area contributed by atoms with Gasteiger partial charge in [0.05, 0.1) is 5.92 Å². The largest absolute Gasteiger partial charge is 0.508 e. The van der Waals surface area contributed by atoms with Crippen LogP contribution in [0.3, 0.4) is 0 Å². The molecule has 0 amide bonds. The van der Waals surface area contributed by atoms with Gasteiger partial charge in [-0.05, 0) is 51.4 Å². The van der Waals surface area contributed by atoms with Crippen LogP contribution in [-0.2, 0) is 0 Å². The summed E-state index contributed by atoms with van der Waals surface area (Å²) in [7, 11) is 0. The zero-order valence-electron chi connectivity index (χ0n) is 11.7. The predicted octanol–water partition coefficient (Wildman–Crippen LogP) is 4.04. The van der Waals surface area contributed by atoms with Gasteiger partial charge in [0.2, 0.25) is 0 Å². The molecule has 0 aliphatic carbocycles. The van der Waals surface area contributed by atoms with Crippen LogP contribution in [0.1, 0.15) is 36.9 Å². The minimum absolute atomic E-state index is 0.0650. The molecule has 1 fully saturated rings. The van der Waals surface area contributed by atoms with Gasteiger partial charge in [0, 0.05) is 11.6 Å². The number of hydrogen-bond donors (Lipinski definition) is 1. The third-order valence-corrected chi connectivity index (χ3v) is 4.18. The van der Waals surface area contributed by atoms with Gasteiger partial charge in [-0.3, -0.25) is 4.90 Å². The number of rotatable bonds is 2. The molecule has 2 nitrogen and oxygen atoms in total. The number of aromatic hydroxyl groups is 1. The Bertz CT molecular complexity index is 465. The van der Waals surface area contributed by atoms with Gasteiger partial charge in [-0.1, -0.05) is 12.1 Å². The van der Waals surface area contributed by atoms with Crippen LogP contribution in [0.5, 0.6) is 5.75 Å². The fourth-order valence-corrected chi connectivity index (χ4v) is 2.82. The summed E-state index contributed by atoms with van der Waals surface area (Å²) in [5.41, 5.74) is 1.75. The summed E-state index contributed by atoms with van der Waals surface area (Å²) in [4.78, 5) is 2.01. The molecule has 20 heavy (non-hydrogen) atoms. The van der Waals surface area contributed by atoms with E-state index in [1.807, 2.05) is 30.9 Å². The molecule has 112 valence electrons. The Labute approximate surface area is 117 Å². The van der Waals surface area contributed by atoms with Crippen molar-refractivity contribution in [1.82, 2.24) is 4.90 Å². The number of piperidine rings is 1. The Morgan fingerprint density at radius 2 is 1.85 bits per heavy atom. The van der Waals surface area contributed by atoms with Crippen LogP contribution in [0, 0.1) is 12.8 Å². The van der Waals surface area contributed by atoms with Crippen molar-refractivity contribution in [2.45, 2.75) is 38.9 Å². The Kier molecular flexibility index (Phi) is 4.28. The van der Waals surface area contributed by atoms with Crippen molar-refractivity contribution in [3.8, 4) is 5.75 Å². The van der Waals surface area contributed by atoms with Crippen molar-refractivity contribution in [3.63, 3.8) is 0 Å². The molecule has 2 rings (SSSR count). The third-order valence-electron chi connectivity index (χ3n) is 4.18. The maximum atomic E-state index is 12.6. The lowest BCUT2D eigenvalue weighted by Crippen LogP contribution is -2.40. The lowest BCUT2D eigenvalue weighted by atomic mass is 9.94. The fourth-order valence-electron chi connectivity index (χ4n) is 2.82. The highest BCUT2D eigenvalue weighted by atomic mass is 19.4. The van der Waals surface area contributed by atoms with Crippen molar-refractivity contribution in [1.29, 1.82) is 0 Å². The summed E-state index contributed by atoms with van der Waals surface area (Å²) >= 11 is 0. The normalized spacial score (nSPS) is 20.1. The van der Waals surface area contributed by atoms with Gasteiger partial charge < -0.3 is 5.11 Å². The second kappa shape index (κ2) is 5.64. The van der Waals surface area contributed by atoms with E-state index < -0.39 is 12.1 Å². The Morgan fingerprint density at radius 1 is 1.25 bits per heavy atom. The van der Waals surface area contributed by atoms with Crippen molar-refractivity contribution >= 4 is 0 Å². The second-order valence-corrected chi connectivity index (χ2v) is 5.59. The zero-order chi connectivity index (χ0) is 14.9. The second-order valence-electron chi connectivity index (χ2n) is 5.59. The van der Waals surface area contributed by atoms with E-state index in [1.165, 1.54) is 0 Å². The van der Waals surface area contributed by atoms with E-state index in [0.717, 1.165) is 11.1 Å². The predicted molar refractivity (Wildman–Crippen MR) is 71.6 cm³/mol. The third kappa shape index (κ3) is 3.26. The molecule has 0 radical (unpaired) electrons. The number of benzene rings is 1. The molecule has 1 heterocycles. The van der Waals surface area contributed by atoms with Crippen molar-refractivity contribution < 1.29 is 18.3 Å². The standard InChI is InChI=1S/C15H20F3NO/c1-10-3-4-13(14(20)9-10)11(2)19-7-5-12(6-8-19)15(16,17)18/h3-4,9,11-12,20H,5-8H2,1-2H3. The summed E-state index contributed by atoms with van der Waals surface area (Å²) in [6.45, 7) is 4.65. The monoisotopic (exact) mass is 287 g/mol. The average molecular weight is 287 g/mol. The lowest BCUT2D eigenvalue weighted by molar-refractivity contribution is -0.186. The molecule has 1 atom stereocenters. The first-order chi connectivity index (χ1) is 9.29. The van der Waals surface area contributed by atoms with E-state index >= 15 is 0 Å². The van der Waals surface area contributed by atoms with Gasteiger partial charge in [0.15, 0.2) is 0 Å². The number of nitrogens with zero attached hydrogens (tertiary/aromatic N) is 1. The van der Waals surface area contributed by atoms with Gasteiger partial charge in [-0.25, -0.2) is 0 Å². The number of likely N-dealkylation sites (tertiary alicyclic amines) is 1. The number of hydrogen-bond acceptors (Lipinski definition) is 2. The molecule has 1 saturated heterocycles. The fraction of sp³-hybridized carbons (Fsp3) is 0.600. The van der Waals surface area contributed by atoms with E-state index in [2.05, 4.69) is 0 Å². The molecule has 0 saturated carbocycles. The maximum Gasteiger partial charge on any atom is 0.391 e. The zero-order valence-corrected chi connectivity index (χ0v) is 11.7. The van der Waals surface area contributed by atoms with E-state index in [4.69, 9.17) is 0 Å². The number of aryl methyl sites for hydroxylation is 1. The average Bonchev–Trinajstić information content (AvgIpc) is 2.37. The molecule has 1 aliphatic rings. The summed E-state index contributed by atoms with van der Waals surface area (Å²) in [5.74, 6) is -0.965. The summed E-state index contributed by atoms with van der Waals surface area (Å²) in [6.07, 6.45) is -3.80. The quantitative estimate of drug-likeness (QED) is 0.887. The van der Waals surface area contributed by atoms with E-state index in [9.17, 15) is 18.3 Å². The number of phenolic OH excluding ortho intramolecular Hbond substituents is 1. The number of phenols is 1. The van der Waals surface area contributed by atoms with Gasteiger partial charge in [-0.2, -0.15) is 13.2 Å². The molecule has 0 bridgehead atoms. The van der Waals surface area contributed by atoms with Crippen LogP contribution in [0.25, 0.3) is 0 Å². The van der Waals surface area contributed by atoms with Crippen LogP contribution in [0.4, 0.5) is 13.2 Å². The first-order valence-corrected chi connectivity index (χ1v) is 6.89. The van der Waals surface area contributed by atoms with Gasteiger partial charge in [0.1, 0.15) is 5.75 Å². The van der Waals surface area contributed by atoms with Gasteiger partial charge in [0.25, 0.3) is 0 Å². The lowest BCUT2D eigenvalue weighted by Gasteiger charge is -2.37. The number of halogens is 3. The number of alkyl halides is 3. The van der Waals surface area contributed by atoms with Gasteiger partial charge >= 0.3 is 6.18 Å². The maximum absolute atomic E-state index is 12.6. The minimum Gasteiger partial charge on any atom is -0.508 e. The first-order valence-electron chi connectivity index (χ1n) is 6.89. The highest BCUT2D eigenvalue weighted by molar-refractivity contribution is 5.37. The molecule has 1 aliphatic heterocycles. The van der Waals surface area contributed by atoms with Crippen LogP contribution in [0.15, 0.2) is 18.2 Å². The Morgan fingerprint density at radius 3 is 2.35 bits per heavy atom. The molecular weight excluding hydrogens is 267 g/mol. The molecule has 1 N–H and O–H groups in total. The summed E-state index contributed by atoms with van der Waals surface area (Å²) in [6, 6.07) is 5.39. The molecule has 0 aromatic heterocycles. The van der Waals surface area contributed by atoms with Crippen LogP contribution >= 0.6 is 0 Å². The molecule has 0 spiro atoms. The highest BCUT2D eigenvalue weighted by Gasteiger charge is 2.41. The molecule has 5 heteroatoms. The summed E-state index contributed by atoms with van der Waals surface area (Å²) < 4.78 is 37.9. The molecule has 1 aromatic carbocycles. The van der Waals surface area contributed by atoms with Crippen molar-refractivity contribution in [2.24, 2.45) is 5.92 Å². The van der Waals surface area contributed by atoms with Gasteiger partial charge in [-0.15, -0.1) is 0 Å². The van der Waals surface area contributed by atoms with Crippen LogP contribution < -0.4 is 0 Å². The summed E-state index contributed by atoms with van der Waals surface area (Å²) in [5, 5.41) is 9.97. The molecule has 1 aromatic rings. The Hall–Kier alpha value is -1.23. The SMILES string of the molecule is Cc1ccc(C(C)N2CCC(C(F)(F)F)CC2)c(O)c1. The van der Waals surface area contributed by atoms with Crippen molar-refractivity contribution in [3.05, 3.63) is 29.3 Å². The van der Waals surface area contributed by atoms with Crippen molar-refractivity contribution in [2.75, 3.05) is 13.1 Å². The topological polar surface area (TPSA) is 23.5 Å². The first kappa shape index (κ1) is 15.2. The molecule has 1 unspecified atom stereocenters. The highest BCUT2D eigenvalue weighted by Crippen LogP contribution is 2.37. The smallest absolute Gasteiger partial charge is 0.391 e. The van der Waals surface area contributed by atoms with Crippen LogP contribution in [-0.4, -0.2) is 29.3 Å².